The van der Waals surface area contributed by atoms with Crippen LogP contribution in [-0.4, -0.2) is 86.8 Å². The Morgan fingerprint density at radius 3 is 2.44 bits per heavy atom. The molecule has 0 amide bonds. The summed E-state index contributed by atoms with van der Waals surface area (Å²) in [7, 11) is -3.30. The van der Waals surface area contributed by atoms with Crippen molar-refractivity contribution >= 4 is 27.6 Å². The predicted octanol–water partition coefficient (Wildman–Crippen LogP) is 3.79. The highest BCUT2D eigenvalue weighted by Crippen LogP contribution is 2.36. The van der Waals surface area contributed by atoms with Crippen molar-refractivity contribution in [2.24, 2.45) is 0 Å². The molecule has 2 fully saturated rings. The lowest BCUT2D eigenvalue weighted by Gasteiger charge is -2.30. The smallest absolute Gasteiger partial charge is 0.393 e. The van der Waals surface area contributed by atoms with Gasteiger partial charge in [0.15, 0.2) is 0 Å². The zero-order chi connectivity index (χ0) is 29.4. The monoisotopic (exact) mass is 613 g/mol. The molecule has 10 nitrogen and oxygen atoms in total. The van der Waals surface area contributed by atoms with Crippen molar-refractivity contribution in [3.05, 3.63) is 53.1 Å². The maximum atomic E-state index is 13.9. The second-order valence-corrected chi connectivity index (χ2v) is 12.9. The van der Waals surface area contributed by atoms with E-state index in [2.05, 4.69) is 25.2 Å². The fourth-order valence-corrected chi connectivity index (χ4v) is 6.31. The van der Waals surface area contributed by atoms with Gasteiger partial charge in [0.05, 0.1) is 23.1 Å². The topological polar surface area (TPSA) is 116 Å². The van der Waals surface area contributed by atoms with E-state index in [1.54, 1.807) is 10.6 Å². The lowest BCUT2D eigenvalue weighted by molar-refractivity contribution is -0.137. The van der Waals surface area contributed by atoms with Crippen LogP contribution in [0.5, 0.6) is 0 Å². The number of hydrogen-bond acceptors (Lipinski definition) is 8. The fourth-order valence-electron chi connectivity index (χ4n) is 5.14. The molecule has 0 saturated carbocycles. The van der Waals surface area contributed by atoms with Gasteiger partial charge in [-0.3, -0.25) is 4.90 Å². The summed E-state index contributed by atoms with van der Waals surface area (Å²) in [6, 6.07) is 5.34. The SMILES string of the molecule is CS(=O)(=O)N1CCC(Nc2ncc(C(F)(F)F)c(-c3cn(-c4ccc(CN5CCC(O)CC5)cc4Cl)cn3)n2)CC1. The predicted molar refractivity (Wildman–Crippen MR) is 148 cm³/mol. The van der Waals surface area contributed by atoms with Crippen LogP contribution in [0.15, 0.2) is 36.9 Å². The number of benzene rings is 1. The van der Waals surface area contributed by atoms with E-state index in [0.29, 0.717) is 43.2 Å². The summed E-state index contributed by atoms with van der Waals surface area (Å²) in [4.78, 5) is 14.5. The molecule has 2 aliphatic heterocycles. The molecule has 0 atom stereocenters. The van der Waals surface area contributed by atoms with Crippen molar-refractivity contribution in [2.75, 3.05) is 37.8 Å². The molecule has 0 spiro atoms. The number of nitrogens with one attached hydrogen (secondary N) is 1. The molecular formula is C26H31ClF3N7O3S. The molecule has 2 aromatic heterocycles. The number of anilines is 1. The van der Waals surface area contributed by atoms with Gasteiger partial charge in [0.1, 0.15) is 23.3 Å². The quantitative estimate of drug-likeness (QED) is 0.414. The summed E-state index contributed by atoms with van der Waals surface area (Å²) >= 11 is 6.57. The number of alkyl halides is 3. The second-order valence-electron chi connectivity index (χ2n) is 10.5. The summed E-state index contributed by atoms with van der Waals surface area (Å²) in [6.45, 7) is 2.87. The van der Waals surface area contributed by atoms with Crippen LogP contribution in [0.1, 0.15) is 36.8 Å². The molecule has 2 aliphatic rings. The maximum Gasteiger partial charge on any atom is 0.420 e. The van der Waals surface area contributed by atoms with E-state index in [9.17, 15) is 26.7 Å². The minimum absolute atomic E-state index is 0.00156. The van der Waals surface area contributed by atoms with Crippen LogP contribution >= 0.6 is 11.6 Å². The lowest BCUT2D eigenvalue weighted by Crippen LogP contribution is -2.42. The van der Waals surface area contributed by atoms with Crippen LogP contribution in [-0.2, 0) is 22.7 Å². The minimum Gasteiger partial charge on any atom is -0.393 e. The molecule has 4 heterocycles. The third-order valence-electron chi connectivity index (χ3n) is 7.43. The highest BCUT2D eigenvalue weighted by Gasteiger charge is 2.36. The Hall–Kier alpha value is -2.78. The van der Waals surface area contributed by atoms with Crippen LogP contribution in [0.3, 0.4) is 0 Å². The number of aliphatic hydroxyl groups excluding tert-OH is 1. The molecule has 41 heavy (non-hydrogen) atoms. The van der Waals surface area contributed by atoms with E-state index < -0.39 is 21.8 Å². The van der Waals surface area contributed by atoms with Crippen molar-refractivity contribution in [3.8, 4) is 17.1 Å². The zero-order valence-electron chi connectivity index (χ0n) is 22.3. The van der Waals surface area contributed by atoms with Crippen molar-refractivity contribution < 1.29 is 26.7 Å². The molecule has 3 aromatic rings. The van der Waals surface area contributed by atoms with E-state index in [1.807, 2.05) is 12.1 Å². The van der Waals surface area contributed by atoms with Crippen LogP contribution in [0.2, 0.25) is 5.02 Å². The maximum absolute atomic E-state index is 13.9. The number of hydrogen-bond donors (Lipinski definition) is 2. The number of aliphatic hydroxyl groups is 1. The third-order valence-corrected chi connectivity index (χ3v) is 9.03. The van der Waals surface area contributed by atoms with E-state index in [0.717, 1.165) is 43.9 Å². The number of rotatable bonds is 7. The number of piperidine rings is 2. The lowest BCUT2D eigenvalue weighted by atomic mass is 10.1. The molecule has 5 rings (SSSR count). The standard InChI is InChI=1S/C26H31ClF3N7O3S/c1-41(39,40)37-10-4-18(5-11-37)33-25-31-13-20(26(28,29)30)24(34-25)22-15-36(16-32-22)23-3-2-17(12-21(23)27)14-35-8-6-19(38)7-9-35/h2-3,12-13,15-16,18-19,38H,4-11,14H2,1H3,(H,31,33,34). The molecule has 2 N–H and O–H groups in total. The van der Waals surface area contributed by atoms with Gasteiger partial charge < -0.3 is 15.0 Å². The van der Waals surface area contributed by atoms with Gasteiger partial charge in [-0.2, -0.15) is 13.2 Å². The Labute approximate surface area is 241 Å². The van der Waals surface area contributed by atoms with Gasteiger partial charge in [-0.25, -0.2) is 27.7 Å². The highest BCUT2D eigenvalue weighted by atomic mass is 35.5. The third kappa shape index (κ3) is 7.17. The van der Waals surface area contributed by atoms with Crippen LogP contribution in [0.25, 0.3) is 17.1 Å². The number of nitrogens with zero attached hydrogens (tertiary/aromatic N) is 6. The number of sulfonamides is 1. The summed E-state index contributed by atoms with van der Waals surface area (Å²) in [5.74, 6) is 0.00738. The summed E-state index contributed by atoms with van der Waals surface area (Å²) in [5, 5.41) is 13.2. The Balaban J connectivity index is 1.34. The van der Waals surface area contributed by atoms with Crippen LogP contribution < -0.4 is 5.32 Å². The highest BCUT2D eigenvalue weighted by molar-refractivity contribution is 7.88. The first kappa shape index (κ1) is 29.7. The van der Waals surface area contributed by atoms with E-state index >= 15 is 0 Å². The Morgan fingerprint density at radius 2 is 1.80 bits per heavy atom. The van der Waals surface area contributed by atoms with E-state index in [-0.39, 0.29) is 29.5 Å². The summed E-state index contributed by atoms with van der Waals surface area (Å²) < 4.78 is 68.1. The Kier molecular flexibility index (Phi) is 8.58. The number of imidazole rings is 1. The molecule has 1 aromatic carbocycles. The molecule has 0 aliphatic carbocycles. The molecule has 2 saturated heterocycles. The number of aromatic nitrogens is 4. The largest absolute Gasteiger partial charge is 0.420 e. The van der Waals surface area contributed by atoms with Gasteiger partial charge >= 0.3 is 6.18 Å². The first-order valence-electron chi connectivity index (χ1n) is 13.3. The van der Waals surface area contributed by atoms with E-state index in [4.69, 9.17) is 11.6 Å². The van der Waals surface area contributed by atoms with Crippen LogP contribution in [0.4, 0.5) is 19.1 Å². The summed E-state index contributed by atoms with van der Waals surface area (Å²) in [5.41, 5.74) is 0.155. The van der Waals surface area contributed by atoms with Gasteiger partial charge in [-0.1, -0.05) is 17.7 Å². The average Bonchev–Trinajstić information content (AvgIpc) is 3.39. The Morgan fingerprint density at radius 1 is 1.10 bits per heavy atom. The van der Waals surface area contributed by atoms with Crippen molar-refractivity contribution in [2.45, 2.75) is 50.6 Å². The summed E-state index contributed by atoms with van der Waals surface area (Å²) in [6.07, 6.45) is 2.14. The first-order valence-corrected chi connectivity index (χ1v) is 15.5. The van der Waals surface area contributed by atoms with Gasteiger partial charge in [0.2, 0.25) is 16.0 Å². The molecular weight excluding hydrogens is 583 g/mol. The first-order chi connectivity index (χ1) is 19.4. The van der Waals surface area contributed by atoms with Crippen molar-refractivity contribution in [3.63, 3.8) is 0 Å². The normalized spacial score (nSPS) is 18.6. The van der Waals surface area contributed by atoms with Gasteiger partial charge in [-0.15, -0.1) is 0 Å². The van der Waals surface area contributed by atoms with Gasteiger partial charge in [0, 0.05) is 51.2 Å². The van der Waals surface area contributed by atoms with Gasteiger partial charge in [-0.05, 0) is 43.4 Å². The van der Waals surface area contributed by atoms with E-state index in [1.165, 1.54) is 16.8 Å². The average molecular weight is 614 g/mol. The molecule has 0 radical (unpaired) electrons. The number of likely N-dealkylation sites (tertiary alicyclic amines) is 1. The minimum atomic E-state index is -4.71. The number of halogens is 4. The second kappa shape index (κ2) is 11.8. The molecule has 222 valence electrons. The zero-order valence-corrected chi connectivity index (χ0v) is 23.9. The van der Waals surface area contributed by atoms with Crippen molar-refractivity contribution in [1.29, 1.82) is 0 Å². The molecule has 0 bridgehead atoms. The van der Waals surface area contributed by atoms with Crippen molar-refractivity contribution in [1.82, 2.24) is 28.7 Å². The molecule has 0 unspecified atom stereocenters. The van der Waals surface area contributed by atoms with Crippen LogP contribution in [0, 0.1) is 0 Å². The molecule has 15 heteroatoms. The fraction of sp³-hybridized carbons (Fsp3) is 0.500. The Bertz CT molecular complexity index is 1490. The van der Waals surface area contributed by atoms with Gasteiger partial charge in [0.25, 0.3) is 0 Å².